The summed E-state index contributed by atoms with van der Waals surface area (Å²) in [6.07, 6.45) is -0.798. The first-order valence-electron chi connectivity index (χ1n) is 11.8. The second-order valence-corrected chi connectivity index (χ2v) is 8.60. The van der Waals surface area contributed by atoms with E-state index < -0.39 is 12.0 Å². The standard InChI is InChI=1S/C28H26FN3O4/c1-19(35-20-9-3-2-4-10-20)27(33)30-25-21-11-5-8-14-24(21)36-26(25)28(34)32-17-15-31(16-18-32)23-13-7-6-12-22(23)29/h2-14,19H,15-18H2,1H3,(H,30,33)/t19-/m0/s1. The molecular formula is C28H26FN3O4. The molecule has 1 aromatic heterocycles. The molecule has 2 heterocycles. The van der Waals surface area contributed by atoms with E-state index in [0.29, 0.717) is 54.3 Å². The predicted molar refractivity (Wildman–Crippen MR) is 136 cm³/mol. The number of furan rings is 1. The Balaban J connectivity index is 1.34. The van der Waals surface area contributed by atoms with Crippen molar-refractivity contribution < 1.29 is 23.1 Å². The molecule has 0 unspecified atom stereocenters. The normalized spacial score (nSPS) is 14.5. The van der Waals surface area contributed by atoms with Gasteiger partial charge in [-0.15, -0.1) is 0 Å². The Kier molecular flexibility index (Phi) is 6.58. The Bertz CT molecular complexity index is 1380. The number of hydrogen-bond donors (Lipinski definition) is 1. The zero-order valence-electron chi connectivity index (χ0n) is 19.8. The molecule has 0 bridgehead atoms. The highest BCUT2D eigenvalue weighted by Gasteiger charge is 2.30. The first kappa shape index (κ1) is 23.4. The number of amides is 2. The van der Waals surface area contributed by atoms with Crippen LogP contribution in [0.15, 0.2) is 83.3 Å². The van der Waals surface area contributed by atoms with Crippen molar-refractivity contribution >= 4 is 34.2 Å². The van der Waals surface area contributed by atoms with Gasteiger partial charge in [-0.2, -0.15) is 0 Å². The van der Waals surface area contributed by atoms with Gasteiger partial charge in [0.05, 0.1) is 5.69 Å². The molecule has 0 aliphatic carbocycles. The van der Waals surface area contributed by atoms with E-state index >= 15 is 0 Å². The van der Waals surface area contributed by atoms with Gasteiger partial charge in [-0.05, 0) is 43.3 Å². The fourth-order valence-electron chi connectivity index (χ4n) is 4.30. The summed E-state index contributed by atoms with van der Waals surface area (Å²) in [6, 6.07) is 22.8. The van der Waals surface area contributed by atoms with Gasteiger partial charge in [-0.25, -0.2) is 4.39 Å². The van der Waals surface area contributed by atoms with E-state index in [2.05, 4.69) is 5.32 Å². The molecule has 36 heavy (non-hydrogen) atoms. The van der Waals surface area contributed by atoms with Gasteiger partial charge in [0.2, 0.25) is 5.76 Å². The molecule has 0 saturated carbocycles. The third-order valence-corrected chi connectivity index (χ3v) is 6.22. The van der Waals surface area contributed by atoms with Crippen molar-refractivity contribution in [3.63, 3.8) is 0 Å². The number of halogens is 1. The highest BCUT2D eigenvalue weighted by atomic mass is 19.1. The van der Waals surface area contributed by atoms with Crippen LogP contribution >= 0.6 is 0 Å². The number of carbonyl (C=O) groups excluding carboxylic acids is 2. The molecule has 1 aliphatic heterocycles. The van der Waals surface area contributed by atoms with Crippen molar-refractivity contribution in [3.8, 4) is 5.75 Å². The fraction of sp³-hybridized carbons (Fsp3) is 0.214. The highest BCUT2D eigenvalue weighted by Crippen LogP contribution is 2.32. The van der Waals surface area contributed by atoms with E-state index in [4.69, 9.17) is 9.15 Å². The second kappa shape index (κ2) is 10.1. The van der Waals surface area contributed by atoms with Crippen molar-refractivity contribution in [2.45, 2.75) is 13.0 Å². The maximum absolute atomic E-state index is 14.2. The van der Waals surface area contributed by atoms with E-state index in [9.17, 15) is 14.0 Å². The summed E-state index contributed by atoms with van der Waals surface area (Å²) in [4.78, 5) is 30.1. The maximum atomic E-state index is 14.2. The minimum Gasteiger partial charge on any atom is -0.481 e. The molecule has 7 nitrogen and oxygen atoms in total. The van der Waals surface area contributed by atoms with Crippen molar-refractivity contribution in [2.24, 2.45) is 0 Å². The lowest BCUT2D eigenvalue weighted by molar-refractivity contribution is -0.122. The van der Waals surface area contributed by atoms with Crippen LogP contribution in [0.25, 0.3) is 11.0 Å². The van der Waals surface area contributed by atoms with E-state index in [1.807, 2.05) is 29.2 Å². The molecule has 4 aromatic rings. The number of fused-ring (bicyclic) bond motifs is 1. The highest BCUT2D eigenvalue weighted by molar-refractivity contribution is 6.11. The number of anilines is 2. The maximum Gasteiger partial charge on any atom is 0.291 e. The van der Waals surface area contributed by atoms with Crippen LogP contribution < -0.4 is 15.0 Å². The predicted octanol–water partition coefficient (Wildman–Crippen LogP) is 4.94. The zero-order chi connectivity index (χ0) is 25.1. The lowest BCUT2D eigenvalue weighted by Gasteiger charge is -2.35. The molecule has 1 atom stereocenters. The summed E-state index contributed by atoms with van der Waals surface area (Å²) in [5, 5.41) is 3.48. The van der Waals surface area contributed by atoms with E-state index in [-0.39, 0.29) is 17.5 Å². The lowest BCUT2D eigenvalue weighted by Crippen LogP contribution is -2.49. The van der Waals surface area contributed by atoms with Crippen LogP contribution in [0, 0.1) is 5.82 Å². The molecule has 0 spiro atoms. The number of rotatable bonds is 6. The second-order valence-electron chi connectivity index (χ2n) is 8.60. The molecule has 2 amide bonds. The van der Waals surface area contributed by atoms with Gasteiger partial charge in [0.25, 0.3) is 11.8 Å². The molecule has 8 heteroatoms. The van der Waals surface area contributed by atoms with Crippen molar-refractivity contribution in [3.05, 3.63) is 90.4 Å². The Labute approximate surface area is 208 Å². The Hall–Kier alpha value is -4.33. The van der Waals surface area contributed by atoms with Gasteiger partial charge in [-0.1, -0.05) is 42.5 Å². The molecule has 5 rings (SSSR count). The number of para-hydroxylation sites is 3. The van der Waals surface area contributed by atoms with E-state index in [0.717, 1.165) is 0 Å². The van der Waals surface area contributed by atoms with Gasteiger partial charge in [0.1, 0.15) is 22.8 Å². The first-order chi connectivity index (χ1) is 17.5. The van der Waals surface area contributed by atoms with Crippen molar-refractivity contribution in [2.75, 3.05) is 36.4 Å². The molecule has 1 N–H and O–H groups in total. The molecule has 1 saturated heterocycles. The van der Waals surface area contributed by atoms with Crippen LogP contribution in [0.3, 0.4) is 0 Å². The SMILES string of the molecule is C[C@H](Oc1ccccc1)C(=O)Nc1c(C(=O)N2CCN(c3ccccc3F)CC2)oc2ccccc12. The molecule has 0 radical (unpaired) electrons. The smallest absolute Gasteiger partial charge is 0.291 e. The molecular weight excluding hydrogens is 461 g/mol. The van der Waals surface area contributed by atoms with Crippen LogP contribution in [0.4, 0.5) is 15.8 Å². The van der Waals surface area contributed by atoms with Crippen LogP contribution in [-0.4, -0.2) is 49.0 Å². The van der Waals surface area contributed by atoms with Crippen LogP contribution in [-0.2, 0) is 4.79 Å². The third kappa shape index (κ3) is 4.75. The Morgan fingerprint density at radius 3 is 2.33 bits per heavy atom. The van der Waals surface area contributed by atoms with Gasteiger partial charge in [-0.3, -0.25) is 9.59 Å². The summed E-state index contributed by atoms with van der Waals surface area (Å²) >= 11 is 0. The quantitative estimate of drug-likeness (QED) is 0.417. The van der Waals surface area contributed by atoms with Crippen LogP contribution in [0.1, 0.15) is 17.5 Å². The first-order valence-corrected chi connectivity index (χ1v) is 11.8. The topological polar surface area (TPSA) is 75.0 Å². The number of nitrogens with one attached hydrogen (secondary N) is 1. The molecule has 1 fully saturated rings. The fourth-order valence-corrected chi connectivity index (χ4v) is 4.30. The summed E-state index contributed by atoms with van der Waals surface area (Å²) in [5.74, 6) is -0.376. The van der Waals surface area contributed by atoms with Crippen LogP contribution in [0.2, 0.25) is 0 Å². The van der Waals surface area contributed by atoms with E-state index in [1.165, 1.54) is 6.07 Å². The van der Waals surface area contributed by atoms with Gasteiger partial charge in [0.15, 0.2) is 6.10 Å². The van der Waals surface area contributed by atoms with E-state index in [1.54, 1.807) is 60.4 Å². The van der Waals surface area contributed by atoms with Crippen molar-refractivity contribution in [1.82, 2.24) is 4.90 Å². The van der Waals surface area contributed by atoms with Gasteiger partial charge >= 0.3 is 0 Å². The number of benzene rings is 3. The number of hydrogen-bond acceptors (Lipinski definition) is 5. The summed E-state index contributed by atoms with van der Waals surface area (Å²) in [6.45, 7) is 3.40. The lowest BCUT2D eigenvalue weighted by atomic mass is 10.2. The molecule has 3 aromatic carbocycles. The van der Waals surface area contributed by atoms with Gasteiger partial charge in [0, 0.05) is 31.6 Å². The minimum atomic E-state index is -0.798. The van der Waals surface area contributed by atoms with Crippen LogP contribution in [0.5, 0.6) is 5.75 Å². The average molecular weight is 488 g/mol. The number of carbonyl (C=O) groups is 2. The summed E-state index contributed by atoms with van der Waals surface area (Å²) in [5.41, 5.74) is 1.34. The minimum absolute atomic E-state index is 0.0656. The van der Waals surface area contributed by atoms with Gasteiger partial charge < -0.3 is 24.3 Å². The average Bonchev–Trinajstić information content (AvgIpc) is 3.27. The monoisotopic (exact) mass is 487 g/mol. The Morgan fingerprint density at radius 1 is 0.917 bits per heavy atom. The summed E-state index contributed by atoms with van der Waals surface area (Å²) < 4.78 is 25.9. The zero-order valence-corrected chi connectivity index (χ0v) is 19.8. The summed E-state index contributed by atoms with van der Waals surface area (Å²) in [7, 11) is 0. The number of piperazine rings is 1. The number of ether oxygens (including phenoxy) is 1. The van der Waals surface area contributed by atoms with Crippen molar-refractivity contribution in [1.29, 1.82) is 0 Å². The molecule has 1 aliphatic rings. The third-order valence-electron chi connectivity index (χ3n) is 6.22. The number of nitrogens with zero attached hydrogens (tertiary/aromatic N) is 2. The largest absolute Gasteiger partial charge is 0.481 e. The Morgan fingerprint density at radius 2 is 1.58 bits per heavy atom. The molecule has 184 valence electrons.